The van der Waals surface area contributed by atoms with E-state index in [1.54, 1.807) is 12.3 Å². The lowest BCUT2D eigenvalue weighted by Gasteiger charge is -2.40. The van der Waals surface area contributed by atoms with Gasteiger partial charge in [0.2, 0.25) is 0 Å². The number of aliphatic hydroxyl groups is 1. The van der Waals surface area contributed by atoms with E-state index in [1.807, 2.05) is 31.2 Å². The van der Waals surface area contributed by atoms with Gasteiger partial charge in [0.1, 0.15) is 18.0 Å². The summed E-state index contributed by atoms with van der Waals surface area (Å²) in [5.74, 6) is 0.683. The fraction of sp³-hybridized carbons (Fsp3) is 0.500. The van der Waals surface area contributed by atoms with Crippen molar-refractivity contribution < 1.29 is 14.6 Å². The molecule has 2 saturated heterocycles. The summed E-state index contributed by atoms with van der Waals surface area (Å²) in [5, 5.41) is 19.9. The van der Waals surface area contributed by atoms with E-state index in [2.05, 4.69) is 20.9 Å². The number of ether oxygens (including phenoxy) is 1. The van der Waals surface area contributed by atoms with Gasteiger partial charge in [-0.05, 0) is 74.0 Å². The Morgan fingerprint density at radius 3 is 2.76 bits per heavy atom. The Morgan fingerprint density at radius 1 is 1.24 bits per heavy atom. The standard InChI is InChI=1S/C26H30N4O3/c1-18-12-21-13-20(3-4-22(21)25(32)33-18)23(31)16-29-9-6-26(7-10-29)8-11-30(17-26)24-5-2-19(14-27)15-28-24/h2-5,13,15,18,23,31H,6-12,16-17H2,1H3/t18-,23?/m1/s1. The Balaban J connectivity index is 1.17. The quantitative estimate of drug-likeness (QED) is 0.722. The summed E-state index contributed by atoms with van der Waals surface area (Å²) in [5.41, 5.74) is 3.35. The predicted octanol–water partition coefficient (Wildman–Crippen LogP) is 3.08. The first-order valence-electron chi connectivity index (χ1n) is 11.8. The number of fused-ring (bicyclic) bond motifs is 1. The number of nitrogens with zero attached hydrogens (tertiary/aromatic N) is 4. The maximum absolute atomic E-state index is 12.0. The van der Waals surface area contributed by atoms with Crippen molar-refractivity contribution in [3.63, 3.8) is 0 Å². The van der Waals surface area contributed by atoms with Crippen molar-refractivity contribution in [3.05, 3.63) is 58.8 Å². The highest BCUT2D eigenvalue weighted by atomic mass is 16.5. The first kappa shape index (κ1) is 21.9. The molecular formula is C26H30N4O3. The lowest BCUT2D eigenvalue weighted by Crippen LogP contribution is -2.43. The summed E-state index contributed by atoms with van der Waals surface area (Å²) in [7, 11) is 0. The molecule has 0 radical (unpaired) electrons. The van der Waals surface area contributed by atoms with Crippen molar-refractivity contribution in [2.75, 3.05) is 37.6 Å². The SMILES string of the molecule is C[C@@H]1Cc2cc(C(O)CN3CCC4(CC3)CCN(c3ccc(C#N)cn3)C4)ccc2C(=O)O1. The van der Waals surface area contributed by atoms with Crippen LogP contribution in [0.25, 0.3) is 0 Å². The average Bonchev–Trinajstić information content (AvgIpc) is 3.24. The molecule has 2 aromatic rings. The highest BCUT2D eigenvalue weighted by molar-refractivity contribution is 5.92. The largest absolute Gasteiger partial charge is 0.459 e. The number of β-amino-alcohol motifs (C(OH)–C–C–N with tert-alkyl or cyclic N) is 1. The number of piperidine rings is 1. The van der Waals surface area contributed by atoms with E-state index in [0.29, 0.717) is 29.5 Å². The van der Waals surface area contributed by atoms with Crippen molar-refractivity contribution in [3.8, 4) is 6.07 Å². The van der Waals surface area contributed by atoms with E-state index >= 15 is 0 Å². The first-order chi connectivity index (χ1) is 15.9. The Hall–Kier alpha value is -2.95. The summed E-state index contributed by atoms with van der Waals surface area (Å²) in [6, 6.07) is 11.5. The van der Waals surface area contributed by atoms with E-state index in [0.717, 1.165) is 62.4 Å². The number of cyclic esters (lactones) is 1. The molecule has 7 nitrogen and oxygen atoms in total. The van der Waals surface area contributed by atoms with Gasteiger partial charge in [-0.1, -0.05) is 12.1 Å². The smallest absolute Gasteiger partial charge is 0.338 e. The zero-order chi connectivity index (χ0) is 23.0. The molecule has 1 unspecified atom stereocenters. The van der Waals surface area contributed by atoms with Crippen molar-refractivity contribution >= 4 is 11.8 Å². The minimum atomic E-state index is -0.569. The molecular weight excluding hydrogens is 416 g/mol. The highest BCUT2D eigenvalue weighted by Gasteiger charge is 2.41. The Labute approximate surface area is 194 Å². The second-order valence-electron chi connectivity index (χ2n) is 9.84. The molecule has 1 spiro atoms. The van der Waals surface area contributed by atoms with Crippen molar-refractivity contribution in [2.24, 2.45) is 5.41 Å². The number of pyridine rings is 1. The number of carbonyl (C=O) groups is 1. The molecule has 1 aromatic carbocycles. The summed E-state index contributed by atoms with van der Waals surface area (Å²) in [6.07, 6.45) is 5.03. The van der Waals surface area contributed by atoms with E-state index in [-0.39, 0.29) is 12.1 Å². The van der Waals surface area contributed by atoms with Crippen LogP contribution in [0, 0.1) is 16.7 Å². The van der Waals surface area contributed by atoms with Gasteiger partial charge in [-0.2, -0.15) is 5.26 Å². The van der Waals surface area contributed by atoms with Crippen LogP contribution in [0.15, 0.2) is 36.5 Å². The number of aromatic nitrogens is 1. The lowest BCUT2D eigenvalue weighted by atomic mass is 9.77. The second-order valence-corrected chi connectivity index (χ2v) is 9.84. The minimum Gasteiger partial charge on any atom is -0.459 e. The Kier molecular flexibility index (Phi) is 5.81. The van der Waals surface area contributed by atoms with Crippen LogP contribution in [0.4, 0.5) is 5.82 Å². The van der Waals surface area contributed by atoms with E-state index in [1.165, 1.54) is 0 Å². The molecule has 0 bridgehead atoms. The molecule has 0 saturated carbocycles. The van der Waals surface area contributed by atoms with Gasteiger partial charge in [-0.15, -0.1) is 0 Å². The van der Waals surface area contributed by atoms with Crippen LogP contribution >= 0.6 is 0 Å². The molecule has 172 valence electrons. The molecule has 5 rings (SSSR count). The van der Waals surface area contributed by atoms with Crippen LogP contribution in [0.3, 0.4) is 0 Å². The number of likely N-dealkylation sites (tertiary alicyclic amines) is 1. The number of anilines is 1. The molecule has 33 heavy (non-hydrogen) atoms. The van der Waals surface area contributed by atoms with Crippen molar-refractivity contribution in [1.29, 1.82) is 5.26 Å². The van der Waals surface area contributed by atoms with Gasteiger partial charge in [0.15, 0.2) is 0 Å². The minimum absolute atomic E-state index is 0.124. The zero-order valence-corrected chi connectivity index (χ0v) is 19.0. The number of hydrogen-bond donors (Lipinski definition) is 1. The fourth-order valence-electron chi connectivity index (χ4n) is 5.52. The third-order valence-electron chi connectivity index (χ3n) is 7.54. The molecule has 7 heteroatoms. The summed E-state index contributed by atoms with van der Waals surface area (Å²) in [6.45, 7) is 6.45. The number of carbonyl (C=O) groups excluding carboxylic acids is 1. The summed E-state index contributed by atoms with van der Waals surface area (Å²) >= 11 is 0. The summed E-state index contributed by atoms with van der Waals surface area (Å²) < 4.78 is 5.30. The molecule has 2 fully saturated rings. The van der Waals surface area contributed by atoms with Crippen LogP contribution in [-0.2, 0) is 11.2 Å². The van der Waals surface area contributed by atoms with Crippen LogP contribution in [0.5, 0.6) is 0 Å². The number of hydrogen-bond acceptors (Lipinski definition) is 7. The van der Waals surface area contributed by atoms with Crippen LogP contribution in [-0.4, -0.2) is 59.8 Å². The van der Waals surface area contributed by atoms with Gasteiger partial charge in [0, 0.05) is 32.3 Å². The van der Waals surface area contributed by atoms with E-state index in [4.69, 9.17) is 10.00 Å². The number of aliphatic hydroxyl groups excluding tert-OH is 1. The number of rotatable bonds is 4. The van der Waals surface area contributed by atoms with E-state index < -0.39 is 6.10 Å². The van der Waals surface area contributed by atoms with Crippen LogP contribution in [0.1, 0.15) is 59.3 Å². The second kappa shape index (κ2) is 8.77. The zero-order valence-electron chi connectivity index (χ0n) is 19.0. The lowest BCUT2D eigenvalue weighted by molar-refractivity contribution is 0.0300. The summed E-state index contributed by atoms with van der Waals surface area (Å²) in [4.78, 5) is 21.2. The molecule has 1 N–H and O–H groups in total. The van der Waals surface area contributed by atoms with Gasteiger partial charge in [0.25, 0.3) is 0 Å². The van der Waals surface area contributed by atoms with E-state index in [9.17, 15) is 9.90 Å². The van der Waals surface area contributed by atoms with Gasteiger partial charge in [-0.3, -0.25) is 0 Å². The molecule has 3 aliphatic rings. The normalized spacial score (nSPS) is 23.1. The number of nitriles is 1. The van der Waals surface area contributed by atoms with Crippen LogP contribution < -0.4 is 4.90 Å². The third kappa shape index (κ3) is 4.46. The maximum atomic E-state index is 12.0. The van der Waals surface area contributed by atoms with Gasteiger partial charge in [-0.25, -0.2) is 9.78 Å². The maximum Gasteiger partial charge on any atom is 0.338 e. The molecule has 0 amide bonds. The molecule has 3 aliphatic heterocycles. The fourth-order valence-corrected chi connectivity index (χ4v) is 5.52. The van der Waals surface area contributed by atoms with Gasteiger partial charge >= 0.3 is 5.97 Å². The van der Waals surface area contributed by atoms with Crippen molar-refractivity contribution in [2.45, 2.75) is 44.8 Å². The number of esters is 1. The van der Waals surface area contributed by atoms with Crippen LogP contribution in [0.2, 0.25) is 0 Å². The van der Waals surface area contributed by atoms with Gasteiger partial charge < -0.3 is 19.6 Å². The first-order valence-corrected chi connectivity index (χ1v) is 11.8. The average molecular weight is 447 g/mol. The predicted molar refractivity (Wildman–Crippen MR) is 124 cm³/mol. The Morgan fingerprint density at radius 2 is 2.03 bits per heavy atom. The monoisotopic (exact) mass is 446 g/mol. The number of benzene rings is 1. The molecule has 1 aromatic heterocycles. The third-order valence-corrected chi connectivity index (χ3v) is 7.54. The molecule has 0 aliphatic carbocycles. The Bertz CT molecular complexity index is 1070. The van der Waals surface area contributed by atoms with Crippen molar-refractivity contribution in [1.82, 2.24) is 9.88 Å². The highest BCUT2D eigenvalue weighted by Crippen LogP contribution is 2.41. The molecule has 4 heterocycles. The topological polar surface area (TPSA) is 89.7 Å². The molecule has 2 atom stereocenters. The van der Waals surface area contributed by atoms with Gasteiger partial charge in [0.05, 0.1) is 17.2 Å².